The van der Waals surface area contributed by atoms with Crippen LogP contribution in [-0.4, -0.2) is 54.6 Å². The average molecular weight is 383 g/mol. The van der Waals surface area contributed by atoms with Gasteiger partial charge in [0.15, 0.2) is 0 Å². The highest BCUT2D eigenvalue weighted by Crippen LogP contribution is 2.33. The van der Waals surface area contributed by atoms with Crippen LogP contribution in [0.3, 0.4) is 0 Å². The van der Waals surface area contributed by atoms with Crippen molar-refractivity contribution in [1.29, 1.82) is 0 Å². The number of benzene rings is 2. The van der Waals surface area contributed by atoms with Gasteiger partial charge in [0.1, 0.15) is 18.4 Å². The fourth-order valence-corrected chi connectivity index (χ4v) is 4.41. The number of likely N-dealkylation sites (N-methyl/N-ethyl adjacent to an activating group) is 1. The molecule has 1 atom stereocenters. The van der Waals surface area contributed by atoms with Crippen molar-refractivity contribution in [2.24, 2.45) is 0 Å². The number of fused-ring (bicyclic) bond motifs is 1. The van der Waals surface area contributed by atoms with E-state index in [0.29, 0.717) is 29.5 Å². The highest BCUT2D eigenvalue weighted by molar-refractivity contribution is 7.99. The van der Waals surface area contributed by atoms with E-state index < -0.39 is 6.04 Å². The molecule has 2 aromatic carbocycles. The average Bonchev–Trinajstić information content (AvgIpc) is 3.19. The molecular weight excluding hydrogens is 362 g/mol. The number of anilines is 2. The van der Waals surface area contributed by atoms with Gasteiger partial charge >= 0.3 is 0 Å². The number of amides is 2. The maximum atomic E-state index is 12.8. The van der Waals surface area contributed by atoms with E-state index in [2.05, 4.69) is 10.2 Å². The van der Waals surface area contributed by atoms with Crippen LogP contribution in [0.5, 0.6) is 5.75 Å². The maximum Gasteiger partial charge on any atom is 0.255 e. The number of hydrogen-bond donors (Lipinski definition) is 1. The minimum absolute atomic E-state index is 0.112. The van der Waals surface area contributed by atoms with E-state index in [0.717, 1.165) is 18.0 Å². The lowest BCUT2D eigenvalue weighted by atomic mass is 10.1. The quantitative estimate of drug-likeness (QED) is 0.883. The van der Waals surface area contributed by atoms with E-state index in [1.807, 2.05) is 43.4 Å². The third-order valence-electron chi connectivity index (χ3n) is 4.79. The molecule has 4 rings (SSSR count). The minimum atomic E-state index is -0.479. The molecule has 0 saturated carbocycles. The first kappa shape index (κ1) is 17.7. The van der Waals surface area contributed by atoms with Crippen molar-refractivity contribution in [3.63, 3.8) is 0 Å². The lowest BCUT2D eigenvalue weighted by molar-refractivity contribution is -0.119. The lowest BCUT2D eigenvalue weighted by Crippen LogP contribution is -2.44. The highest BCUT2D eigenvalue weighted by atomic mass is 32.2. The second kappa shape index (κ2) is 7.52. The molecular formula is C20H21N3O3S. The van der Waals surface area contributed by atoms with Gasteiger partial charge in [-0.3, -0.25) is 9.59 Å². The van der Waals surface area contributed by atoms with Crippen molar-refractivity contribution in [1.82, 2.24) is 4.90 Å². The minimum Gasteiger partial charge on any atom is -0.490 e. The van der Waals surface area contributed by atoms with E-state index in [-0.39, 0.29) is 11.8 Å². The van der Waals surface area contributed by atoms with Gasteiger partial charge in [0, 0.05) is 24.1 Å². The molecule has 2 aliphatic rings. The zero-order valence-corrected chi connectivity index (χ0v) is 15.9. The van der Waals surface area contributed by atoms with Crippen molar-refractivity contribution in [2.75, 3.05) is 42.0 Å². The number of rotatable bonds is 3. The first-order valence-electron chi connectivity index (χ1n) is 8.86. The maximum absolute atomic E-state index is 12.8. The summed E-state index contributed by atoms with van der Waals surface area (Å²) < 4.78 is 5.64. The molecule has 0 bridgehead atoms. The molecule has 0 aromatic heterocycles. The summed E-state index contributed by atoms with van der Waals surface area (Å²) in [6.07, 6.45) is 0. The van der Waals surface area contributed by atoms with Crippen molar-refractivity contribution >= 4 is 35.0 Å². The number of carbonyl (C=O) groups is 2. The predicted molar refractivity (Wildman–Crippen MR) is 108 cm³/mol. The second-order valence-corrected chi connectivity index (χ2v) is 7.60. The van der Waals surface area contributed by atoms with Crippen LogP contribution in [0.1, 0.15) is 10.4 Å². The molecule has 0 aliphatic carbocycles. The number of hydrogen-bond acceptors (Lipinski definition) is 5. The number of ether oxygens (including phenoxy) is 1. The summed E-state index contributed by atoms with van der Waals surface area (Å²) in [6, 6.07) is 14.2. The van der Waals surface area contributed by atoms with Crippen LogP contribution in [0.15, 0.2) is 48.5 Å². The summed E-state index contributed by atoms with van der Waals surface area (Å²) in [4.78, 5) is 29.3. The van der Waals surface area contributed by atoms with Gasteiger partial charge in [0.05, 0.1) is 18.1 Å². The Morgan fingerprint density at radius 3 is 2.81 bits per heavy atom. The topological polar surface area (TPSA) is 61.9 Å². The molecule has 140 valence electrons. The Kier molecular flexibility index (Phi) is 4.94. The van der Waals surface area contributed by atoms with Crippen LogP contribution in [0.25, 0.3) is 0 Å². The normalized spacial score (nSPS) is 18.6. The Balaban J connectivity index is 1.49. The third kappa shape index (κ3) is 3.60. The molecule has 0 radical (unpaired) electrons. The standard InChI is InChI=1S/C20H21N3O3S/c1-22-9-10-26-18-8-7-15(11-16(18)22)21-19(24)17-12-27-13-23(17)20(25)14-5-3-2-4-6-14/h2-8,11,17H,9-10,12-13H2,1H3,(H,21,24). The predicted octanol–water partition coefficient (Wildman–Crippen LogP) is 2.67. The van der Waals surface area contributed by atoms with Crippen LogP contribution >= 0.6 is 11.8 Å². The van der Waals surface area contributed by atoms with Crippen molar-refractivity contribution in [3.8, 4) is 5.75 Å². The number of nitrogens with zero attached hydrogens (tertiary/aromatic N) is 2. The fraction of sp³-hybridized carbons (Fsp3) is 0.300. The van der Waals surface area contributed by atoms with Gasteiger partial charge in [0.2, 0.25) is 5.91 Å². The zero-order valence-electron chi connectivity index (χ0n) is 15.1. The molecule has 0 spiro atoms. The smallest absolute Gasteiger partial charge is 0.255 e. The van der Waals surface area contributed by atoms with E-state index in [1.165, 1.54) is 0 Å². The summed E-state index contributed by atoms with van der Waals surface area (Å²) in [7, 11) is 2.00. The molecule has 1 unspecified atom stereocenters. The Morgan fingerprint density at radius 1 is 1.19 bits per heavy atom. The van der Waals surface area contributed by atoms with Gasteiger partial charge in [-0.25, -0.2) is 0 Å². The molecule has 7 heteroatoms. The third-order valence-corrected chi connectivity index (χ3v) is 5.80. The van der Waals surface area contributed by atoms with Crippen LogP contribution in [0, 0.1) is 0 Å². The summed E-state index contributed by atoms with van der Waals surface area (Å²) in [5.74, 6) is 1.66. The van der Waals surface area contributed by atoms with Crippen molar-refractivity contribution < 1.29 is 14.3 Å². The first-order valence-corrected chi connectivity index (χ1v) is 10.0. The molecule has 6 nitrogen and oxygen atoms in total. The molecule has 1 saturated heterocycles. The highest BCUT2D eigenvalue weighted by Gasteiger charge is 2.35. The summed E-state index contributed by atoms with van der Waals surface area (Å²) in [5.41, 5.74) is 2.27. The monoisotopic (exact) mass is 383 g/mol. The Morgan fingerprint density at radius 2 is 2.00 bits per heavy atom. The van der Waals surface area contributed by atoms with E-state index in [9.17, 15) is 9.59 Å². The first-order chi connectivity index (χ1) is 13.1. The van der Waals surface area contributed by atoms with Crippen LogP contribution in [-0.2, 0) is 4.79 Å². The number of carbonyl (C=O) groups excluding carboxylic acids is 2. The Hall–Kier alpha value is -2.67. The van der Waals surface area contributed by atoms with Crippen LogP contribution in [0.4, 0.5) is 11.4 Å². The van der Waals surface area contributed by atoms with Crippen molar-refractivity contribution in [2.45, 2.75) is 6.04 Å². The van der Waals surface area contributed by atoms with Crippen LogP contribution < -0.4 is 15.0 Å². The van der Waals surface area contributed by atoms with Gasteiger partial charge in [-0.15, -0.1) is 11.8 Å². The largest absolute Gasteiger partial charge is 0.490 e. The van der Waals surface area contributed by atoms with E-state index in [4.69, 9.17) is 4.74 Å². The van der Waals surface area contributed by atoms with Gasteiger partial charge in [-0.05, 0) is 30.3 Å². The van der Waals surface area contributed by atoms with Gasteiger partial charge in [-0.1, -0.05) is 18.2 Å². The van der Waals surface area contributed by atoms with E-state index in [1.54, 1.807) is 28.8 Å². The lowest BCUT2D eigenvalue weighted by Gasteiger charge is -2.28. The van der Waals surface area contributed by atoms with Gasteiger partial charge in [0.25, 0.3) is 5.91 Å². The number of thioether (sulfide) groups is 1. The second-order valence-electron chi connectivity index (χ2n) is 6.60. The molecule has 27 heavy (non-hydrogen) atoms. The van der Waals surface area contributed by atoms with Crippen molar-refractivity contribution in [3.05, 3.63) is 54.1 Å². The van der Waals surface area contributed by atoms with Gasteiger partial charge in [-0.2, -0.15) is 0 Å². The summed E-state index contributed by atoms with van der Waals surface area (Å²) in [5, 5.41) is 2.96. The SMILES string of the molecule is CN1CCOc2ccc(NC(=O)C3CSCN3C(=O)c3ccccc3)cc21. The molecule has 2 amide bonds. The zero-order chi connectivity index (χ0) is 18.8. The molecule has 1 N–H and O–H groups in total. The number of nitrogens with one attached hydrogen (secondary N) is 1. The Bertz CT molecular complexity index is 859. The molecule has 2 aliphatic heterocycles. The van der Waals surface area contributed by atoms with Gasteiger partial charge < -0.3 is 19.9 Å². The summed E-state index contributed by atoms with van der Waals surface area (Å²) >= 11 is 1.59. The molecule has 2 heterocycles. The molecule has 2 aromatic rings. The van der Waals surface area contributed by atoms with Crippen LogP contribution in [0.2, 0.25) is 0 Å². The molecule has 1 fully saturated rings. The fourth-order valence-electron chi connectivity index (χ4n) is 3.26. The summed E-state index contributed by atoms with van der Waals surface area (Å²) in [6.45, 7) is 1.47. The Labute approximate surface area is 162 Å². The van der Waals surface area contributed by atoms with E-state index >= 15 is 0 Å².